The summed E-state index contributed by atoms with van der Waals surface area (Å²) in [4.78, 5) is 12.5. The molecule has 0 aromatic heterocycles. The van der Waals surface area contributed by atoms with E-state index in [2.05, 4.69) is 21.3 Å². The predicted octanol–water partition coefficient (Wildman–Crippen LogP) is 2.34. The van der Waals surface area contributed by atoms with E-state index in [1.165, 1.54) is 54.6 Å². The molecule has 0 aliphatic carbocycles. The Morgan fingerprint density at radius 1 is 0.900 bits per heavy atom. The van der Waals surface area contributed by atoms with Crippen LogP contribution in [0.25, 0.3) is 0 Å². The second-order valence-corrected chi connectivity index (χ2v) is 10.4. The lowest BCUT2D eigenvalue weighted by Crippen LogP contribution is -2.27. The van der Waals surface area contributed by atoms with Gasteiger partial charge < -0.3 is 5.32 Å². The molecule has 0 bridgehead atoms. The standard InChI is InChI=1S/C20H25N3O5S2/c1-4-13-21-29(25,26)18-9-5-16(6-10-18)20(24)23-17-7-11-19(12-8-17)30(27,28)22-14-15(2)3/h4-12,15,21-22H,1,13-14H2,2-3H3,(H,23,24). The van der Waals surface area contributed by atoms with E-state index in [1.807, 2.05) is 13.8 Å². The maximum Gasteiger partial charge on any atom is 0.255 e. The Labute approximate surface area is 177 Å². The third-order valence-electron chi connectivity index (χ3n) is 3.95. The highest BCUT2D eigenvalue weighted by Gasteiger charge is 2.16. The van der Waals surface area contributed by atoms with Gasteiger partial charge >= 0.3 is 0 Å². The van der Waals surface area contributed by atoms with E-state index in [0.29, 0.717) is 12.2 Å². The van der Waals surface area contributed by atoms with Gasteiger partial charge in [0, 0.05) is 24.3 Å². The van der Waals surface area contributed by atoms with Crippen LogP contribution in [0, 0.1) is 5.92 Å². The number of hydrogen-bond donors (Lipinski definition) is 3. The first-order valence-electron chi connectivity index (χ1n) is 9.17. The number of amides is 1. The fourth-order valence-corrected chi connectivity index (χ4v) is 4.53. The summed E-state index contributed by atoms with van der Waals surface area (Å²) in [6, 6.07) is 11.2. The zero-order chi connectivity index (χ0) is 22.4. The van der Waals surface area contributed by atoms with Crippen molar-refractivity contribution in [2.24, 2.45) is 5.92 Å². The molecular weight excluding hydrogens is 426 g/mol. The Kier molecular flexibility index (Phi) is 7.90. The molecule has 0 aliphatic heterocycles. The van der Waals surface area contributed by atoms with Crippen molar-refractivity contribution in [1.82, 2.24) is 9.44 Å². The molecule has 0 saturated heterocycles. The second kappa shape index (κ2) is 9.98. The van der Waals surface area contributed by atoms with Gasteiger partial charge in [0.2, 0.25) is 20.0 Å². The molecule has 2 rings (SSSR count). The monoisotopic (exact) mass is 451 g/mol. The van der Waals surface area contributed by atoms with E-state index in [0.717, 1.165) is 0 Å². The molecule has 1 amide bonds. The van der Waals surface area contributed by atoms with E-state index in [1.54, 1.807) is 0 Å². The Balaban J connectivity index is 2.07. The van der Waals surface area contributed by atoms with Gasteiger partial charge in [0.25, 0.3) is 5.91 Å². The van der Waals surface area contributed by atoms with Crippen molar-refractivity contribution in [3.8, 4) is 0 Å². The van der Waals surface area contributed by atoms with Gasteiger partial charge in [-0.2, -0.15) is 0 Å². The molecule has 0 unspecified atom stereocenters. The highest BCUT2D eigenvalue weighted by molar-refractivity contribution is 7.89. The van der Waals surface area contributed by atoms with Crippen LogP contribution in [0.4, 0.5) is 5.69 Å². The average molecular weight is 452 g/mol. The highest BCUT2D eigenvalue weighted by atomic mass is 32.2. The predicted molar refractivity (Wildman–Crippen MR) is 116 cm³/mol. The summed E-state index contributed by atoms with van der Waals surface area (Å²) in [5, 5.41) is 2.65. The minimum atomic E-state index is -3.67. The number of carbonyl (C=O) groups excluding carboxylic acids is 1. The van der Waals surface area contributed by atoms with E-state index in [9.17, 15) is 21.6 Å². The van der Waals surface area contributed by atoms with Crippen LogP contribution in [0.15, 0.2) is 71.0 Å². The Morgan fingerprint density at radius 2 is 1.40 bits per heavy atom. The molecule has 0 heterocycles. The number of nitrogens with one attached hydrogen (secondary N) is 3. The quantitative estimate of drug-likeness (QED) is 0.479. The van der Waals surface area contributed by atoms with Crippen LogP contribution in [-0.2, 0) is 20.0 Å². The minimum absolute atomic E-state index is 0.0318. The molecule has 10 heteroatoms. The number of sulfonamides is 2. The first-order valence-corrected chi connectivity index (χ1v) is 12.1. The molecule has 2 aromatic rings. The normalized spacial score (nSPS) is 12.0. The van der Waals surface area contributed by atoms with Gasteiger partial charge in [0.1, 0.15) is 0 Å². The van der Waals surface area contributed by atoms with Crippen LogP contribution in [0.5, 0.6) is 0 Å². The number of rotatable bonds is 10. The van der Waals surface area contributed by atoms with Crippen LogP contribution in [-0.4, -0.2) is 35.8 Å². The molecule has 162 valence electrons. The first-order chi connectivity index (χ1) is 14.0. The largest absolute Gasteiger partial charge is 0.322 e. The summed E-state index contributed by atoms with van der Waals surface area (Å²) in [7, 11) is -7.28. The van der Waals surface area contributed by atoms with Crippen LogP contribution in [0.3, 0.4) is 0 Å². The lowest BCUT2D eigenvalue weighted by atomic mass is 10.2. The van der Waals surface area contributed by atoms with E-state index in [4.69, 9.17) is 0 Å². The van der Waals surface area contributed by atoms with Crippen molar-refractivity contribution in [1.29, 1.82) is 0 Å². The number of benzene rings is 2. The SMILES string of the molecule is C=CCNS(=O)(=O)c1ccc(C(=O)Nc2ccc(S(=O)(=O)NCC(C)C)cc2)cc1. The summed E-state index contributed by atoms with van der Waals surface area (Å²) in [6.07, 6.45) is 1.43. The second-order valence-electron chi connectivity index (χ2n) is 6.89. The van der Waals surface area contributed by atoms with Crippen LogP contribution in [0.2, 0.25) is 0 Å². The van der Waals surface area contributed by atoms with Crippen molar-refractivity contribution in [2.75, 3.05) is 18.4 Å². The summed E-state index contributed by atoms with van der Waals surface area (Å²) < 4.78 is 53.4. The maximum atomic E-state index is 12.4. The molecule has 0 aliphatic rings. The van der Waals surface area contributed by atoms with Crippen molar-refractivity contribution in [3.63, 3.8) is 0 Å². The molecule has 0 radical (unpaired) electrons. The maximum absolute atomic E-state index is 12.4. The summed E-state index contributed by atoms with van der Waals surface area (Å²) in [6.45, 7) is 7.69. The average Bonchev–Trinajstić information content (AvgIpc) is 2.71. The zero-order valence-corrected chi connectivity index (χ0v) is 18.4. The lowest BCUT2D eigenvalue weighted by Gasteiger charge is -2.10. The molecule has 3 N–H and O–H groups in total. The third kappa shape index (κ3) is 6.49. The molecular formula is C20H25N3O5S2. The summed E-state index contributed by atoms with van der Waals surface area (Å²) >= 11 is 0. The number of carbonyl (C=O) groups is 1. The third-order valence-corrected chi connectivity index (χ3v) is 6.83. The highest BCUT2D eigenvalue weighted by Crippen LogP contribution is 2.16. The van der Waals surface area contributed by atoms with Gasteiger partial charge in [-0.05, 0) is 54.4 Å². The van der Waals surface area contributed by atoms with Crippen LogP contribution in [0.1, 0.15) is 24.2 Å². The molecule has 0 saturated carbocycles. The van der Waals surface area contributed by atoms with Gasteiger partial charge in [-0.1, -0.05) is 19.9 Å². The van der Waals surface area contributed by atoms with E-state index >= 15 is 0 Å². The summed E-state index contributed by atoms with van der Waals surface area (Å²) in [5.41, 5.74) is 0.667. The number of anilines is 1. The molecule has 2 aromatic carbocycles. The fourth-order valence-electron chi connectivity index (χ4n) is 2.32. The van der Waals surface area contributed by atoms with Gasteiger partial charge in [0.15, 0.2) is 0 Å². The van der Waals surface area contributed by atoms with Gasteiger partial charge in [-0.25, -0.2) is 26.3 Å². The lowest BCUT2D eigenvalue weighted by molar-refractivity contribution is 0.102. The van der Waals surface area contributed by atoms with Gasteiger partial charge in [-0.3, -0.25) is 4.79 Å². The summed E-state index contributed by atoms with van der Waals surface area (Å²) in [5.74, 6) is -0.274. The first kappa shape index (κ1) is 23.7. The van der Waals surface area contributed by atoms with Gasteiger partial charge in [-0.15, -0.1) is 6.58 Å². The van der Waals surface area contributed by atoms with E-state index in [-0.39, 0.29) is 27.8 Å². The fraction of sp³-hybridized carbons (Fsp3) is 0.250. The Morgan fingerprint density at radius 3 is 1.90 bits per heavy atom. The Hall–Kier alpha value is -2.53. The van der Waals surface area contributed by atoms with Crippen LogP contribution < -0.4 is 14.8 Å². The molecule has 30 heavy (non-hydrogen) atoms. The minimum Gasteiger partial charge on any atom is -0.322 e. The van der Waals surface area contributed by atoms with Gasteiger partial charge in [0.05, 0.1) is 9.79 Å². The smallest absolute Gasteiger partial charge is 0.255 e. The molecule has 0 fully saturated rings. The molecule has 0 atom stereocenters. The van der Waals surface area contributed by atoms with Crippen molar-refractivity contribution >= 4 is 31.6 Å². The van der Waals surface area contributed by atoms with Crippen molar-refractivity contribution < 1.29 is 21.6 Å². The van der Waals surface area contributed by atoms with Crippen molar-refractivity contribution in [3.05, 3.63) is 66.7 Å². The molecule has 0 spiro atoms. The number of hydrogen-bond acceptors (Lipinski definition) is 5. The topological polar surface area (TPSA) is 121 Å². The van der Waals surface area contributed by atoms with E-state index < -0.39 is 26.0 Å². The molecule has 8 nitrogen and oxygen atoms in total. The zero-order valence-electron chi connectivity index (χ0n) is 16.8. The van der Waals surface area contributed by atoms with Crippen molar-refractivity contribution in [2.45, 2.75) is 23.6 Å². The van der Waals surface area contributed by atoms with Crippen LogP contribution >= 0.6 is 0 Å². The Bertz CT molecular complexity index is 1090.